The van der Waals surface area contributed by atoms with E-state index in [4.69, 9.17) is 5.73 Å². The van der Waals surface area contributed by atoms with E-state index < -0.39 is 10.0 Å². The van der Waals surface area contributed by atoms with Gasteiger partial charge in [-0.3, -0.25) is 0 Å². The van der Waals surface area contributed by atoms with Crippen LogP contribution in [0.15, 0.2) is 27.6 Å². The van der Waals surface area contributed by atoms with Crippen molar-refractivity contribution in [2.75, 3.05) is 5.73 Å². The highest BCUT2D eigenvalue weighted by atomic mass is 79.9. The minimum absolute atomic E-state index is 0.0358. The van der Waals surface area contributed by atoms with Crippen molar-refractivity contribution in [3.8, 4) is 0 Å². The van der Waals surface area contributed by atoms with Gasteiger partial charge >= 0.3 is 0 Å². The molecular formula is C14H21BrN2O2S. The van der Waals surface area contributed by atoms with E-state index in [9.17, 15) is 8.42 Å². The molecule has 0 radical (unpaired) electrons. The number of nitrogen functional groups attached to an aromatic ring is 1. The van der Waals surface area contributed by atoms with Gasteiger partial charge in [-0.2, -0.15) is 0 Å². The van der Waals surface area contributed by atoms with Gasteiger partial charge in [0.25, 0.3) is 0 Å². The summed E-state index contributed by atoms with van der Waals surface area (Å²) >= 11 is 3.28. The van der Waals surface area contributed by atoms with E-state index in [1.54, 1.807) is 12.1 Å². The number of nitrogens with two attached hydrogens (primary N) is 1. The van der Waals surface area contributed by atoms with Crippen LogP contribution in [0, 0.1) is 0 Å². The Labute approximate surface area is 129 Å². The third-order valence-corrected chi connectivity index (χ3v) is 6.19. The number of benzene rings is 1. The molecule has 0 spiro atoms. The van der Waals surface area contributed by atoms with Gasteiger partial charge in [-0.15, -0.1) is 0 Å². The minimum atomic E-state index is -3.52. The van der Waals surface area contributed by atoms with Crippen molar-refractivity contribution in [1.82, 2.24) is 4.72 Å². The predicted octanol–water partition coefficient (Wildman–Crippen LogP) is 3.42. The molecule has 4 nitrogen and oxygen atoms in total. The van der Waals surface area contributed by atoms with Gasteiger partial charge in [-0.05, 0) is 47.0 Å². The smallest absolute Gasteiger partial charge is 0.242 e. The van der Waals surface area contributed by atoms with Crippen molar-refractivity contribution in [3.63, 3.8) is 0 Å². The first kappa shape index (κ1) is 15.8. The van der Waals surface area contributed by atoms with Gasteiger partial charge < -0.3 is 5.73 Å². The molecule has 0 bridgehead atoms. The number of sulfonamides is 1. The number of hydrogen-bond acceptors (Lipinski definition) is 3. The number of hydrogen-bond donors (Lipinski definition) is 2. The maximum atomic E-state index is 12.5. The Hall–Kier alpha value is -0.590. The molecule has 0 unspecified atom stereocenters. The summed E-state index contributed by atoms with van der Waals surface area (Å²) in [6.45, 7) is 0. The summed E-state index contributed by atoms with van der Waals surface area (Å²) in [5.74, 6) is 0. The van der Waals surface area contributed by atoms with Gasteiger partial charge in [0.2, 0.25) is 10.0 Å². The van der Waals surface area contributed by atoms with Crippen LogP contribution >= 0.6 is 15.9 Å². The lowest BCUT2D eigenvalue weighted by Gasteiger charge is -2.21. The lowest BCUT2D eigenvalue weighted by atomic mass is 9.97. The lowest BCUT2D eigenvalue weighted by Crippen LogP contribution is -2.35. The van der Waals surface area contributed by atoms with Crippen molar-refractivity contribution in [2.24, 2.45) is 0 Å². The quantitative estimate of drug-likeness (QED) is 0.811. The number of nitrogens with one attached hydrogen (secondary N) is 1. The first-order chi connectivity index (χ1) is 9.49. The van der Waals surface area contributed by atoms with Crippen LogP contribution in [0.2, 0.25) is 0 Å². The monoisotopic (exact) mass is 360 g/mol. The number of halogens is 1. The Morgan fingerprint density at radius 1 is 1.10 bits per heavy atom. The Morgan fingerprint density at radius 2 is 1.70 bits per heavy atom. The van der Waals surface area contributed by atoms with Crippen LogP contribution in [-0.4, -0.2) is 14.5 Å². The molecular weight excluding hydrogens is 340 g/mol. The number of anilines is 1. The lowest BCUT2D eigenvalue weighted by molar-refractivity contribution is 0.426. The highest BCUT2D eigenvalue weighted by molar-refractivity contribution is 9.10. The molecule has 0 aliphatic heterocycles. The molecule has 6 heteroatoms. The molecule has 1 aromatic carbocycles. The molecule has 0 amide bonds. The predicted molar refractivity (Wildman–Crippen MR) is 85.0 cm³/mol. The van der Waals surface area contributed by atoms with Crippen molar-refractivity contribution in [1.29, 1.82) is 0 Å². The number of rotatable bonds is 3. The minimum Gasteiger partial charge on any atom is -0.399 e. The Balaban J connectivity index is 2.15. The molecule has 1 aromatic rings. The van der Waals surface area contributed by atoms with Gasteiger partial charge in [-0.25, -0.2) is 13.1 Å². The van der Waals surface area contributed by atoms with Crippen LogP contribution in [0.1, 0.15) is 44.9 Å². The zero-order valence-electron chi connectivity index (χ0n) is 11.4. The normalized spacial score (nSPS) is 18.4. The van der Waals surface area contributed by atoms with E-state index in [-0.39, 0.29) is 10.9 Å². The summed E-state index contributed by atoms with van der Waals surface area (Å²) in [7, 11) is -3.52. The summed E-state index contributed by atoms with van der Waals surface area (Å²) < 4.78 is 28.3. The van der Waals surface area contributed by atoms with Gasteiger partial charge in [0.05, 0.1) is 4.90 Å². The summed E-state index contributed by atoms with van der Waals surface area (Å²) in [6, 6.07) is 4.88. The fourth-order valence-corrected chi connectivity index (χ4v) is 4.89. The van der Waals surface area contributed by atoms with Crippen molar-refractivity contribution < 1.29 is 8.42 Å². The van der Waals surface area contributed by atoms with E-state index in [0.717, 1.165) is 25.7 Å². The fourth-order valence-electron chi connectivity index (χ4n) is 2.58. The van der Waals surface area contributed by atoms with Crippen molar-refractivity contribution in [3.05, 3.63) is 22.7 Å². The van der Waals surface area contributed by atoms with E-state index in [1.807, 2.05) is 0 Å². The van der Waals surface area contributed by atoms with E-state index >= 15 is 0 Å². The van der Waals surface area contributed by atoms with Crippen LogP contribution < -0.4 is 10.5 Å². The van der Waals surface area contributed by atoms with E-state index in [0.29, 0.717) is 10.2 Å². The zero-order chi connectivity index (χ0) is 14.6. The molecule has 0 saturated heterocycles. The van der Waals surface area contributed by atoms with Crippen molar-refractivity contribution in [2.45, 2.75) is 55.9 Å². The van der Waals surface area contributed by atoms with E-state index in [1.165, 1.54) is 25.3 Å². The average molecular weight is 361 g/mol. The first-order valence-corrected chi connectivity index (χ1v) is 9.34. The average Bonchev–Trinajstić information content (AvgIpc) is 2.35. The van der Waals surface area contributed by atoms with Crippen molar-refractivity contribution >= 4 is 31.6 Å². The van der Waals surface area contributed by atoms with Gasteiger partial charge in [0, 0.05) is 16.2 Å². The molecule has 20 heavy (non-hydrogen) atoms. The molecule has 1 aliphatic carbocycles. The topological polar surface area (TPSA) is 72.2 Å². The molecule has 1 fully saturated rings. The molecule has 0 aromatic heterocycles. The summed E-state index contributed by atoms with van der Waals surface area (Å²) in [5.41, 5.74) is 6.14. The summed E-state index contributed by atoms with van der Waals surface area (Å²) in [4.78, 5) is 0.222. The van der Waals surface area contributed by atoms with Crippen LogP contribution in [0.25, 0.3) is 0 Å². The third kappa shape index (κ3) is 4.20. The summed E-state index contributed by atoms with van der Waals surface area (Å²) in [6.07, 6.45) is 7.66. The highest BCUT2D eigenvalue weighted by Gasteiger charge is 2.22. The van der Waals surface area contributed by atoms with Gasteiger partial charge in [0.1, 0.15) is 0 Å². The molecule has 2 rings (SSSR count). The second kappa shape index (κ2) is 6.91. The maximum absolute atomic E-state index is 12.5. The van der Waals surface area contributed by atoms with Crippen LogP contribution in [0.5, 0.6) is 0 Å². The largest absolute Gasteiger partial charge is 0.399 e. The van der Waals surface area contributed by atoms with Crippen LogP contribution in [0.3, 0.4) is 0 Å². The Morgan fingerprint density at radius 3 is 2.35 bits per heavy atom. The SMILES string of the molecule is Nc1ccc(Br)c(S(=O)(=O)NC2CCCCCCC2)c1. The second-order valence-electron chi connectivity index (χ2n) is 5.35. The highest BCUT2D eigenvalue weighted by Crippen LogP contribution is 2.25. The van der Waals surface area contributed by atoms with Gasteiger partial charge in [0.15, 0.2) is 0 Å². The molecule has 3 N–H and O–H groups in total. The maximum Gasteiger partial charge on any atom is 0.242 e. The fraction of sp³-hybridized carbons (Fsp3) is 0.571. The molecule has 0 atom stereocenters. The third-order valence-electron chi connectivity index (χ3n) is 3.67. The van der Waals surface area contributed by atoms with Crippen LogP contribution in [-0.2, 0) is 10.0 Å². The van der Waals surface area contributed by atoms with Gasteiger partial charge in [-0.1, -0.05) is 32.1 Å². The Kier molecular flexibility index (Phi) is 5.46. The van der Waals surface area contributed by atoms with E-state index in [2.05, 4.69) is 20.7 Å². The summed E-state index contributed by atoms with van der Waals surface area (Å²) in [5, 5.41) is 0. The molecule has 0 heterocycles. The first-order valence-electron chi connectivity index (χ1n) is 7.06. The molecule has 1 saturated carbocycles. The molecule has 112 valence electrons. The van der Waals surface area contributed by atoms with Crippen LogP contribution in [0.4, 0.5) is 5.69 Å². The Bertz CT molecular complexity index is 552. The molecule has 1 aliphatic rings. The zero-order valence-corrected chi connectivity index (χ0v) is 13.8. The second-order valence-corrected chi connectivity index (χ2v) is 7.89. The standard InChI is InChI=1S/C14H21BrN2O2S/c15-13-9-8-11(16)10-14(13)20(18,19)17-12-6-4-2-1-3-5-7-12/h8-10,12,17H,1-7,16H2.